The Hall–Kier alpha value is -1.45. The molecule has 0 aliphatic carbocycles. The van der Waals surface area contributed by atoms with E-state index in [9.17, 15) is 0 Å². The average Bonchev–Trinajstić information content (AvgIpc) is 2.46. The smallest absolute Gasteiger partial charge is 0.132 e. The van der Waals surface area contributed by atoms with Crippen molar-refractivity contribution < 1.29 is 4.74 Å². The summed E-state index contributed by atoms with van der Waals surface area (Å²) >= 11 is 1.95. The van der Waals surface area contributed by atoms with Crippen LogP contribution in [0.15, 0.2) is 48.5 Å². The number of thioether (sulfide) groups is 1. The summed E-state index contributed by atoms with van der Waals surface area (Å²) in [7, 11) is 0. The van der Waals surface area contributed by atoms with Crippen LogP contribution in [0.2, 0.25) is 0 Å². The molecule has 2 N–H and O–H groups in total. The number of para-hydroxylation sites is 2. The van der Waals surface area contributed by atoms with Gasteiger partial charge in [0.15, 0.2) is 0 Å². The highest BCUT2D eigenvalue weighted by Gasteiger charge is 2.26. The molecule has 0 spiro atoms. The lowest BCUT2D eigenvalue weighted by Crippen LogP contribution is -2.09. The summed E-state index contributed by atoms with van der Waals surface area (Å²) in [6.45, 7) is 0.750. The number of ether oxygens (including phenoxy) is 1. The summed E-state index contributed by atoms with van der Waals surface area (Å²) in [5, 5.41) is 0.354. The Morgan fingerprint density at radius 2 is 1.53 bits per heavy atom. The van der Waals surface area contributed by atoms with Gasteiger partial charge in [-0.05, 0) is 30.9 Å². The molecule has 19 heavy (non-hydrogen) atoms. The van der Waals surface area contributed by atoms with Gasteiger partial charge < -0.3 is 10.5 Å². The Morgan fingerprint density at radius 3 is 2.11 bits per heavy atom. The summed E-state index contributed by atoms with van der Waals surface area (Å²) in [6.07, 6.45) is 1.05. The Bertz CT molecular complexity index is 525. The first-order valence-electron chi connectivity index (χ1n) is 6.57. The molecule has 0 unspecified atom stereocenters. The zero-order valence-corrected chi connectivity index (χ0v) is 11.5. The zero-order valence-electron chi connectivity index (χ0n) is 10.7. The molecule has 0 radical (unpaired) electrons. The number of benzene rings is 2. The topological polar surface area (TPSA) is 35.2 Å². The van der Waals surface area contributed by atoms with E-state index in [1.54, 1.807) is 0 Å². The third-order valence-corrected chi connectivity index (χ3v) is 4.62. The molecule has 1 aliphatic heterocycles. The first-order valence-corrected chi connectivity index (χ1v) is 7.62. The molecule has 0 bridgehead atoms. The van der Waals surface area contributed by atoms with E-state index in [2.05, 4.69) is 24.3 Å². The molecule has 3 heteroatoms. The minimum absolute atomic E-state index is 0.354. The van der Waals surface area contributed by atoms with Crippen molar-refractivity contribution in [1.29, 1.82) is 0 Å². The lowest BCUT2D eigenvalue weighted by Gasteiger charge is -2.27. The molecule has 2 aromatic rings. The fraction of sp³-hybridized carbons (Fsp3) is 0.250. The molecule has 0 amide bonds. The second-order valence-corrected chi connectivity index (χ2v) is 5.78. The number of nitrogens with two attached hydrogens (primary N) is 1. The molecule has 1 aliphatic rings. The standard InChI is InChI=1S/C16H17NOS/c17-10-5-11-19-16-12-6-1-3-8-14(12)18-15-9-4-2-7-13(15)16/h1-4,6-9,16H,5,10-11,17H2. The maximum absolute atomic E-state index is 5.98. The van der Waals surface area contributed by atoms with Gasteiger partial charge >= 0.3 is 0 Å². The van der Waals surface area contributed by atoms with E-state index in [1.165, 1.54) is 11.1 Å². The molecule has 2 aromatic carbocycles. The van der Waals surface area contributed by atoms with Crippen molar-refractivity contribution >= 4 is 11.8 Å². The largest absolute Gasteiger partial charge is 0.457 e. The van der Waals surface area contributed by atoms with Crippen molar-refractivity contribution in [2.24, 2.45) is 5.73 Å². The lowest BCUT2D eigenvalue weighted by atomic mass is 10.00. The molecule has 0 aromatic heterocycles. The van der Waals surface area contributed by atoms with Gasteiger partial charge in [-0.15, -0.1) is 11.8 Å². The first-order chi connectivity index (χ1) is 9.40. The van der Waals surface area contributed by atoms with Gasteiger partial charge in [0.2, 0.25) is 0 Å². The summed E-state index contributed by atoms with van der Waals surface area (Å²) in [5.41, 5.74) is 8.13. The van der Waals surface area contributed by atoms with E-state index in [1.807, 2.05) is 36.0 Å². The highest BCUT2D eigenvalue weighted by molar-refractivity contribution is 7.99. The van der Waals surface area contributed by atoms with E-state index < -0.39 is 0 Å². The monoisotopic (exact) mass is 271 g/mol. The summed E-state index contributed by atoms with van der Waals surface area (Å²) in [5.74, 6) is 3.03. The lowest BCUT2D eigenvalue weighted by molar-refractivity contribution is 0.459. The maximum Gasteiger partial charge on any atom is 0.132 e. The van der Waals surface area contributed by atoms with Crippen molar-refractivity contribution in [1.82, 2.24) is 0 Å². The van der Waals surface area contributed by atoms with Gasteiger partial charge in [0.1, 0.15) is 11.5 Å². The van der Waals surface area contributed by atoms with Crippen LogP contribution in [0.25, 0.3) is 0 Å². The molecule has 2 nitrogen and oxygen atoms in total. The van der Waals surface area contributed by atoms with E-state index in [0.717, 1.165) is 30.2 Å². The van der Waals surface area contributed by atoms with Gasteiger partial charge in [-0.1, -0.05) is 36.4 Å². The Labute approximate surface area is 118 Å². The van der Waals surface area contributed by atoms with Gasteiger partial charge in [0, 0.05) is 11.1 Å². The summed E-state index contributed by atoms with van der Waals surface area (Å²) in [6, 6.07) is 16.6. The van der Waals surface area contributed by atoms with E-state index in [4.69, 9.17) is 10.5 Å². The number of hydrogen-bond donors (Lipinski definition) is 1. The number of rotatable bonds is 4. The van der Waals surface area contributed by atoms with Gasteiger partial charge in [-0.3, -0.25) is 0 Å². The number of hydrogen-bond acceptors (Lipinski definition) is 3. The van der Waals surface area contributed by atoms with E-state index >= 15 is 0 Å². The van der Waals surface area contributed by atoms with Crippen LogP contribution in [0.4, 0.5) is 0 Å². The first kappa shape index (κ1) is 12.6. The SMILES string of the molecule is NCCCSC1c2ccccc2Oc2ccccc21. The Balaban J connectivity index is 1.96. The minimum atomic E-state index is 0.354. The van der Waals surface area contributed by atoms with Crippen molar-refractivity contribution in [2.75, 3.05) is 12.3 Å². The van der Waals surface area contributed by atoms with Crippen LogP contribution < -0.4 is 10.5 Å². The third kappa shape index (κ3) is 2.48. The highest BCUT2D eigenvalue weighted by Crippen LogP contribution is 2.49. The van der Waals surface area contributed by atoms with Crippen LogP contribution in [0.5, 0.6) is 11.5 Å². The van der Waals surface area contributed by atoms with Crippen LogP contribution >= 0.6 is 11.8 Å². The van der Waals surface area contributed by atoms with Gasteiger partial charge in [-0.2, -0.15) is 0 Å². The number of fused-ring (bicyclic) bond motifs is 2. The van der Waals surface area contributed by atoms with Crippen LogP contribution in [-0.2, 0) is 0 Å². The zero-order chi connectivity index (χ0) is 13.1. The van der Waals surface area contributed by atoms with Crippen molar-refractivity contribution in [3.8, 4) is 11.5 Å². The summed E-state index contributed by atoms with van der Waals surface area (Å²) < 4.78 is 5.98. The molecule has 0 atom stereocenters. The predicted molar refractivity (Wildman–Crippen MR) is 80.9 cm³/mol. The van der Waals surface area contributed by atoms with Gasteiger partial charge in [0.25, 0.3) is 0 Å². The average molecular weight is 271 g/mol. The molecular formula is C16H17NOS. The van der Waals surface area contributed by atoms with E-state index in [0.29, 0.717) is 5.25 Å². The molecule has 1 heterocycles. The Kier molecular flexibility index (Phi) is 3.76. The molecule has 3 rings (SSSR count). The normalized spacial score (nSPS) is 13.5. The van der Waals surface area contributed by atoms with Crippen LogP contribution in [-0.4, -0.2) is 12.3 Å². The highest BCUT2D eigenvalue weighted by atomic mass is 32.2. The van der Waals surface area contributed by atoms with Crippen molar-refractivity contribution in [3.05, 3.63) is 59.7 Å². The minimum Gasteiger partial charge on any atom is -0.457 e. The van der Waals surface area contributed by atoms with Gasteiger partial charge in [-0.25, -0.2) is 0 Å². The summed E-state index contributed by atoms with van der Waals surface area (Å²) in [4.78, 5) is 0. The van der Waals surface area contributed by atoms with Crippen LogP contribution in [0, 0.1) is 0 Å². The molecular weight excluding hydrogens is 254 g/mol. The van der Waals surface area contributed by atoms with E-state index in [-0.39, 0.29) is 0 Å². The molecule has 98 valence electrons. The quantitative estimate of drug-likeness (QED) is 0.855. The van der Waals surface area contributed by atoms with Crippen LogP contribution in [0.1, 0.15) is 22.8 Å². The van der Waals surface area contributed by atoms with Gasteiger partial charge in [0.05, 0.1) is 5.25 Å². The van der Waals surface area contributed by atoms with Crippen molar-refractivity contribution in [2.45, 2.75) is 11.7 Å². The molecule has 0 fully saturated rings. The molecule has 0 saturated carbocycles. The molecule has 0 saturated heterocycles. The second-order valence-electron chi connectivity index (χ2n) is 4.57. The fourth-order valence-electron chi connectivity index (χ4n) is 2.33. The second kappa shape index (κ2) is 5.68. The third-order valence-electron chi connectivity index (χ3n) is 3.26. The maximum atomic E-state index is 5.98. The Morgan fingerprint density at radius 1 is 0.947 bits per heavy atom. The predicted octanol–water partition coefficient (Wildman–Crippen LogP) is 3.96. The van der Waals surface area contributed by atoms with Crippen LogP contribution in [0.3, 0.4) is 0 Å². The van der Waals surface area contributed by atoms with Crippen molar-refractivity contribution in [3.63, 3.8) is 0 Å². The fourth-order valence-corrected chi connectivity index (χ4v) is 3.65.